The van der Waals surface area contributed by atoms with Gasteiger partial charge < -0.3 is 14.6 Å². The van der Waals surface area contributed by atoms with Gasteiger partial charge in [0.15, 0.2) is 5.78 Å². The quantitative estimate of drug-likeness (QED) is 0.461. The molecule has 29 heavy (non-hydrogen) atoms. The minimum atomic E-state index is -0.760. The summed E-state index contributed by atoms with van der Waals surface area (Å²) in [5.41, 5.74) is 1.24. The molecule has 2 aliphatic rings. The maximum Gasteiger partial charge on any atom is 0.303 e. The van der Waals surface area contributed by atoms with E-state index in [9.17, 15) is 9.59 Å². The number of carboxylic acid groups (broad SMARTS) is 1. The van der Waals surface area contributed by atoms with Gasteiger partial charge in [0.2, 0.25) is 0 Å². The molecule has 1 aromatic heterocycles. The molecule has 0 spiro atoms. The van der Waals surface area contributed by atoms with Gasteiger partial charge in [-0.1, -0.05) is 12.2 Å². The van der Waals surface area contributed by atoms with Gasteiger partial charge in [-0.05, 0) is 43.2 Å². The van der Waals surface area contributed by atoms with Crippen LogP contribution in [-0.2, 0) is 25.7 Å². The summed E-state index contributed by atoms with van der Waals surface area (Å²) in [6, 6.07) is 2.02. The first-order valence-electron chi connectivity index (χ1n) is 10.4. The molecule has 0 aromatic carbocycles. The molecule has 1 aliphatic heterocycles. The molecule has 0 unspecified atom stereocenters. The lowest BCUT2D eigenvalue weighted by atomic mass is 9.95. The number of allylic oxidation sites excluding steroid dienone is 2. The molecule has 1 N–H and O–H groups in total. The van der Waals surface area contributed by atoms with E-state index in [0.717, 1.165) is 25.9 Å². The number of carbonyl (C=O) groups is 2. The van der Waals surface area contributed by atoms with Gasteiger partial charge in [-0.3, -0.25) is 14.5 Å². The third-order valence-electron chi connectivity index (χ3n) is 5.62. The van der Waals surface area contributed by atoms with Gasteiger partial charge in [-0.2, -0.15) is 0 Å². The minimum Gasteiger partial charge on any atom is -0.481 e. The van der Waals surface area contributed by atoms with Crippen LogP contribution in [0.5, 0.6) is 0 Å². The van der Waals surface area contributed by atoms with Crippen molar-refractivity contribution in [3.8, 4) is 0 Å². The minimum absolute atomic E-state index is 0.0820. The van der Waals surface area contributed by atoms with Crippen molar-refractivity contribution >= 4 is 23.1 Å². The van der Waals surface area contributed by atoms with Gasteiger partial charge in [0.1, 0.15) is 0 Å². The third-order valence-corrected chi connectivity index (χ3v) is 6.64. The summed E-state index contributed by atoms with van der Waals surface area (Å²) >= 11 is 1.69. The fourth-order valence-corrected chi connectivity index (χ4v) is 5.00. The fourth-order valence-electron chi connectivity index (χ4n) is 4.20. The van der Waals surface area contributed by atoms with Crippen LogP contribution in [0.2, 0.25) is 0 Å². The van der Waals surface area contributed by atoms with Crippen molar-refractivity contribution in [1.29, 1.82) is 0 Å². The van der Waals surface area contributed by atoms with E-state index >= 15 is 0 Å². The van der Waals surface area contributed by atoms with E-state index in [1.165, 1.54) is 10.4 Å². The number of nitrogens with zero attached hydrogens (tertiary/aromatic N) is 1. The Morgan fingerprint density at radius 3 is 2.86 bits per heavy atom. The number of aryl methyl sites for hydroxylation is 1. The smallest absolute Gasteiger partial charge is 0.303 e. The highest BCUT2D eigenvalue weighted by Gasteiger charge is 2.45. The van der Waals surface area contributed by atoms with Crippen molar-refractivity contribution in [3.05, 3.63) is 34.0 Å². The molecule has 160 valence electrons. The Morgan fingerprint density at radius 1 is 1.38 bits per heavy atom. The van der Waals surface area contributed by atoms with Crippen LogP contribution in [-0.4, -0.2) is 60.2 Å². The first kappa shape index (κ1) is 22.2. The van der Waals surface area contributed by atoms with E-state index in [1.807, 2.05) is 6.08 Å². The van der Waals surface area contributed by atoms with Crippen LogP contribution in [0.1, 0.15) is 42.5 Å². The maximum absolute atomic E-state index is 12.9. The van der Waals surface area contributed by atoms with Crippen LogP contribution in [0.3, 0.4) is 0 Å². The Bertz CT molecular complexity index is 710. The number of carboxylic acids is 1. The lowest BCUT2D eigenvalue weighted by Crippen LogP contribution is -2.49. The second-order valence-electron chi connectivity index (χ2n) is 7.86. The van der Waals surface area contributed by atoms with Gasteiger partial charge in [0, 0.05) is 36.7 Å². The van der Waals surface area contributed by atoms with E-state index in [1.54, 1.807) is 11.3 Å². The molecule has 2 heterocycles. The molecule has 7 heteroatoms. The lowest BCUT2D eigenvalue weighted by Gasteiger charge is -2.35. The summed E-state index contributed by atoms with van der Waals surface area (Å²) in [4.78, 5) is 27.0. The van der Waals surface area contributed by atoms with Crippen LogP contribution in [0.25, 0.3) is 0 Å². The molecular weight excluding hydrogens is 390 g/mol. The highest BCUT2D eigenvalue weighted by atomic mass is 32.1. The van der Waals surface area contributed by atoms with Crippen molar-refractivity contribution < 1.29 is 24.2 Å². The van der Waals surface area contributed by atoms with Crippen LogP contribution in [0, 0.1) is 12.8 Å². The average Bonchev–Trinajstić information content (AvgIpc) is 3.25. The molecule has 0 radical (unpaired) electrons. The number of hydrogen-bond acceptors (Lipinski definition) is 6. The molecule has 3 atom stereocenters. The Morgan fingerprint density at radius 2 is 2.17 bits per heavy atom. The van der Waals surface area contributed by atoms with Crippen LogP contribution < -0.4 is 0 Å². The summed E-state index contributed by atoms with van der Waals surface area (Å²) in [6.07, 6.45) is 6.87. The maximum atomic E-state index is 12.9. The van der Waals surface area contributed by atoms with Crippen molar-refractivity contribution in [3.63, 3.8) is 0 Å². The second-order valence-corrected chi connectivity index (χ2v) is 8.86. The molecule has 2 fully saturated rings. The summed E-state index contributed by atoms with van der Waals surface area (Å²) in [5.74, 6) is -0.370. The molecule has 3 rings (SSSR count). The summed E-state index contributed by atoms with van der Waals surface area (Å²) in [7, 11) is 0. The van der Waals surface area contributed by atoms with Gasteiger partial charge in [-0.25, -0.2) is 0 Å². The zero-order chi connectivity index (χ0) is 20.6. The summed E-state index contributed by atoms with van der Waals surface area (Å²) in [6.45, 7) is 5.53. The second kappa shape index (κ2) is 11.0. The van der Waals surface area contributed by atoms with E-state index in [4.69, 9.17) is 14.6 Å². The normalized spacial score (nSPS) is 25.8. The number of unbranched alkanes of at least 4 members (excludes halogenated alkanes) is 1. The van der Waals surface area contributed by atoms with Crippen molar-refractivity contribution in [2.24, 2.45) is 5.92 Å². The molecule has 6 nitrogen and oxygen atoms in total. The standard InChI is InChI=1S/C22H31NO5S/c1-16-12-17(29-15-16)14-28-20-13-19(24)22(23-8-10-27-11-9-23)18(20)6-4-2-3-5-7-21(25)26/h2,4,12,15,18,20,22H,3,5-11,13-14H2,1H3,(H,25,26)/b4-2-/t18-,20-,22+/m0/s1. The number of thiophene rings is 1. The fraction of sp³-hybridized carbons (Fsp3) is 0.636. The van der Waals surface area contributed by atoms with Crippen molar-refractivity contribution in [2.75, 3.05) is 26.3 Å². The Hall–Kier alpha value is -1.54. The van der Waals surface area contributed by atoms with E-state index in [0.29, 0.717) is 32.7 Å². The van der Waals surface area contributed by atoms with Gasteiger partial charge in [-0.15, -0.1) is 11.3 Å². The topological polar surface area (TPSA) is 76.1 Å². The van der Waals surface area contributed by atoms with Crippen LogP contribution in [0.4, 0.5) is 0 Å². The van der Waals surface area contributed by atoms with E-state index in [-0.39, 0.29) is 30.3 Å². The molecule has 0 amide bonds. The average molecular weight is 422 g/mol. The van der Waals surface area contributed by atoms with Crippen molar-refractivity contribution in [2.45, 2.75) is 57.8 Å². The molecule has 1 saturated carbocycles. The summed E-state index contributed by atoms with van der Waals surface area (Å²) < 4.78 is 11.7. The number of hydrogen-bond donors (Lipinski definition) is 1. The Labute approximate surface area is 176 Å². The molecule has 1 saturated heterocycles. The first-order chi connectivity index (χ1) is 14.0. The van der Waals surface area contributed by atoms with Gasteiger partial charge >= 0.3 is 5.97 Å². The first-order valence-corrected chi connectivity index (χ1v) is 11.3. The Kier molecular flexibility index (Phi) is 8.41. The molecule has 0 bridgehead atoms. The lowest BCUT2D eigenvalue weighted by molar-refractivity contribution is -0.137. The number of ether oxygens (including phenoxy) is 2. The number of morpholine rings is 1. The number of carbonyl (C=O) groups excluding carboxylic acids is 1. The largest absolute Gasteiger partial charge is 0.481 e. The SMILES string of the molecule is Cc1csc(CO[C@H]2CC(=O)[C@H](N3CCOCC3)[C@H]2C/C=C\CCCC(=O)O)c1. The summed E-state index contributed by atoms with van der Waals surface area (Å²) in [5, 5.41) is 10.9. The zero-order valence-electron chi connectivity index (χ0n) is 17.0. The molecule has 1 aliphatic carbocycles. The van der Waals surface area contributed by atoms with Crippen LogP contribution in [0.15, 0.2) is 23.6 Å². The van der Waals surface area contributed by atoms with Gasteiger partial charge in [0.25, 0.3) is 0 Å². The highest BCUT2D eigenvalue weighted by molar-refractivity contribution is 7.10. The number of aliphatic carboxylic acids is 1. The Balaban J connectivity index is 1.62. The van der Waals surface area contributed by atoms with Crippen LogP contribution >= 0.6 is 11.3 Å². The monoisotopic (exact) mass is 421 g/mol. The predicted molar refractivity (Wildman–Crippen MR) is 112 cm³/mol. The van der Waals surface area contributed by atoms with E-state index in [2.05, 4.69) is 29.3 Å². The number of Topliss-reactive ketones (excluding diaryl/α,β-unsaturated/α-hetero) is 1. The molecule has 1 aromatic rings. The van der Waals surface area contributed by atoms with Gasteiger partial charge in [0.05, 0.1) is 32.0 Å². The highest BCUT2D eigenvalue weighted by Crippen LogP contribution is 2.34. The zero-order valence-corrected chi connectivity index (χ0v) is 17.9. The predicted octanol–water partition coefficient (Wildman–Crippen LogP) is 3.43. The molecular formula is C22H31NO5S. The number of rotatable bonds is 10. The third kappa shape index (κ3) is 6.47. The van der Waals surface area contributed by atoms with E-state index < -0.39 is 5.97 Å². The number of ketones is 1. The van der Waals surface area contributed by atoms with Crippen molar-refractivity contribution in [1.82, 2.24) is 4.90 Å².